The molecular formula is C21H19Br2N5O3. The number of hydrogen-bond donors (Lipinski definition) is 3. The Labute approximate surface area is 196 Å². The fraction of sp³-hybridized carbons (Fsp3) is 0.143. The molecule has 0 spiro atoms. The molecule has 0 aliphatic heterocycles. The molecule has 160 valence electrons. The van der Waals surface area contributed by atoms with Gasteiger partial charge in [0.1, 0.15) is 5.75 Å². The average molecular weight is 549 g/mol. The normalized spacial score (nSPS) is 10.8. The fourth-order valence-corrected chi connectivity index (χ4v) is 3.76. The van der Waals surface area contributed by atoms with Crippen molar-refractivity contribution in [3.63, 3.8) is 0 Å². The van der Waals surface area contributed by atoms with Gasteiger partial charge in [-0.3, -0.25) is 4.79 Å². The average Bonchev–Trinajstić information content (AvgIpc) is 2.74. The van der Waals surface area contributed by atoms with Gasteiger partial charge in [-0.05, 0) is 40.5 Å². The molecule has 3 rings (SSSR count). The van der Waals surface area contributed by atoms with Gasteiger partial charge in [0.15, 0.2) is 6.61 Å². The SMILES string of the molecule is Cc1cc(OCC(=O)NN=Cc2cc(Br)cc(Br)c2O)nc(NCc2ccccc2)n1. The second-order valence-electron chi connectivity index (χ2n) is 6.42. The van der Waals surface area contributed by atoms with Crippen molar-refractivity contribution >= 4 is 49.9 Å². The van der Waals surface area contributed by atoms with Crippen LogP contribution in [0.2, 0.25) is 0 Å². The summed E-state index contributed by atoms with van der Waals surface area (Å²) in [7, 11) is 0. The molecule has 0 unspecified atom stereocenters. The molecule has 0 fully saturated rings. The van der Waals surface area contributed by atoms with Crippen LogP contribution in [0.3, 0.4) is 0 Å². The molecular weight excluding hydrogens is 530 g/mol. The molecule has 1 amide bonds. The van der Waals surface area contributed by atoms with E-state index in [0.717, 1.165) is 10.0 Å². The maximum Gasteiger partial charge on any atom is 0.278 e. The summed E-state index contributed by atoms with van der Waals surface area (Å²) in [5, 5.41) is 17.0. The summed E-state index contributed by atoms with van der Waals surface area (Å²) < 4.78 is 6.73. The van der Waals surface area contributed by atoms with Crippen LogP contribution in [-0.2, 0) is 11.3 Å². The lowest BCUT2D eigenvalue weighted by Crippen LogP contribution is -2.25. The zero-order valence-electron chi connectivity index (χ0n) is 16.5. The number of aromatic nitrogens is 2. The third kappa shape index (κ3) is 7.04. The Balaban J connectivity index is 1.53. The van der Waals surface area contributed by atoms with Gasteiger partial charge in [-0.1, -0.05) is 46.3 Å². The Bertz CT molecular complexity index is 1090. The lowest BCUT2D eigenvalue weighted by molar-refractivity contribution is -0.123. The second kappa shape index (κ2) is 10.9. The monoisotopic (exact) mass is 547 g/mol. The zero-order valence-corrected chi connectivity index (χ0v) is 19.6. The summed E-state index contributed by atoms with van der Waals surface area (Å²) in [5.41, 5.74) is 4.58. The molecule has 1 aromatic heterocycles. The molecule has 0 saturated heterocycles. The van der Waals surface area contributed by atoms with E-state index in [0.29, 0.717) is 28.2 Å². The number of amides is 1. The summed E-state index contributed by atoms with van der Waals surface area (Å²) in [6.45, 7) is 2.10. The Kier molecular flexibility index (Phi) is 7.96. The number of halogens is 2. The number of aromatic hydroxyl groups is 1. The summed E-state index contributed by atoms with van der Waals surface area (Å²) in [6.07, 6.45) is 1.34. The van der Waals surface area contributed by atoms with Crippen molar-refractivity contribution < 1.29 is 14.6 Å². The van der Waals surface area contributed by atoms with Crippen LogP contribution in [0.4, 0.5) is 5.95 Å². The van der Waals surface area contributed by atoms with Gasteiger partial charge >= 0.3 is 0 Å². The predicted molar refractivity (Wildman–Crippen MR) is 125 cm³/mol. The summed E-state index contributed by atoms with van der Waals surface area (Å²) in [5.74, 6) is 0.230. The number of carbonyl (C=O) groups excluding carboxylic acids is 1. The summed E-state index contributed by atoms with van der Waals surface area (Å²) in [4.78, 5) is 20.6. The number of nitrogens with one attached hydrogen (secondary N) is 2. The van der Waals surface area contributed by atoms with Crippen LogP contribution in [0.5, 0.6) is 11.6 Å². The van der Waals surface area contributed by atoms with E-state index in [4.69, 9.17) is 4.74 Å². The lowest BCUT2D eigenvalue weighted by Gasteiger charge is -2.09. The minimum Gasteiger partial charge on any atom is -0.506 e. The van der Waals surface area contributed by atoms with E-state index in [2.05, 4.69) is 57.7 Å². The first-order valence-corrected chi connectivity index (χ1v) is 10.8. The number of anilines is 1. The Morgan fingerprint density at radius 3 is 2.74 bits per heavy atom. The third-order valence-corrected chi connectivity index (χ3v) is 4.99. The number of rotatable bonds is 8. The summed E-state index contributed by atoms with van der Waals surface area (Å²) in [6, 6.07) is 14.9. The summed E-state index contributed by atoms with van der Waals surface area (Å²) >= 11 is 6.57. The number of hydrazone groups is 1. The zero-order chi connectivity index (χ0) is 22.2. The van der Waals surface area contributed by atoms with Crippen molar-refractivity contribution in [3.8, 4) is 11.6 Å². The predicted octanol–water partition coefficient (Wildman–Crippen LogP) is 4.16. The molecule has 0 saturated carbocycles. The smallest absolute Gasteiger partial charge is 0.278 e. The molecule has 0 aliphatic carbocycles. The Hall–Kier alpha value is -2.98. The number of nitrogens with zero attached hydrogens (tertiary/aromatic N) is 3. The molecule has 31 heavy (non-hydrogen) atoms. The first-order valence-electron chi connectivity index (χ1n) is 9.17. The van der Waals surface area contributed by atoms with Crippen LogP contribution in [0, 0.1) is 6.92 Å². The number of ether oxygens (including phenoxy) is 1. The lowest BCUT2D eigenvalue weighted by atomic mass is 10.2. The first kappa shape index (κ1) is 22.7. The molecule has 0 aliphatic rings. The van der Waals surface area contributed by atoms with Crippen LogP contribution in [0.25, 0.3) is 0 Å². The van der Waals surface area contributed by atoms with Crippen molar-refractivity contribution in [1.82, 2.24) is 15.4 Å². The Morgan fingerprint density at radius 1 is 1.19 bits per heavy atom. The molecule has 3 aromatic rings. The highest BCUT2D eigenvalue weighted by Crippen LogP contribution is 2.30. The minimum absolute atomic E-state index is 0.0180. The van der Waals surface area contributed by atoms with Crippen molar-refractivity contribution in [2.24, 2.45) is 5.10 Å². The van der Waals surface area contributed by atoms with Crippen LogP contribution in [-0.4, -0.2) is 33.8 Å². The van der Waals surface area contributed by atoms with Gasteiger partial charge in [-0.25, -0.2) is 10.4 Å². The van der Waals surface area contributed by atoms with E-state index in [1.807, 2.05) is 37.3 Å². The van der Waals surface area contributed by atoms with E-state index in [1.54, 1.807) is 18.2 Å². The largest absolute Gasteiger partial charge is 0.506 e. The van der Waals surface area contributed by atoms with Crippen molar-refractivity contribution in [2.75, 3.05) is 11.9 Å². The number of phenolic OH excluding ortho intramolecular Hbond substituents is 1. The van der Waals surface area contributed by atoms with E-state index >= 15 is 0 Å². The van der Waals surface area contributed by atoms with E-state index in [1.165, 1.54) is 6.21 Å². The topological polar surface area (TPSA) is 109 Å². The van der Waals surface area contributed by atoms with Gasteiger partial charge in [0, 0.05) is 28.3 Å². The van der Waals surface area contributed by atoms with Gasteiger partial charge in [0.25, 0.3) is 5.91 Å². The maximum absolute atomic E-state index is 12.0. The molecule has 10 heteroatoms. The molecule has 0 bridgehead atoms. The van der Waals surface area contributed by atoms with Gasteiger partial charge in [0.05, 0.1) is 10.7 Å². The molecule has 1 heterocycles. The number of benzene rings is 2. The molecule has 3 N–H and O–H groups in total. The van der Waals surface area contributed by atoms with E-state index < -0.39 is 5.91 Å². The molecule has 8 nitrogen and oxygen atoms in total. The van der Waals surface area contributed by atoms with E-state index in [-0.39, 0.29) is 18.2 Å². The van der Waals surface area contributed by atoms with Gasteiger partial charge in [0.2, 0.25) is 11.8 Å². The van der Waals surface area contributed by atoms with Gasteiger partial charge < -0.3 is 15.2 Å². The second-order valence-corrected chi connectivity index (χ2v) is 8.19. The van der Waals surface area contributed by atoms with Crippen molar-refractivity contribution in [1.29, 1.82) is 0 Å². The highest BCUT2D eigenvalue weighted by Gasteiger charge is 2.08. The molecule has 2 aromatic carbocycles. The van der Waals surface area contributed by atoms with Crippen molar-refractivity contribution in [3.05, 3.63) is 74.3 Å². The third-order valence-electron chi connectivity index (χ3n) is 3.93. The van der Waals surface area contributed by atoms with E-state index in [9.17, 15) is 9.90 Å². The number of hydrogen-bond acceptors (Lipinski definition) is 7. The van der Waals surface area contributed by atoms with Crippen LogP contribution in [0.1, 0.15) is 16.8 Å². The maximum atomic E-state index is 12.0. The first-order chi connectivity index (χ1) is 14.9. The molecule has 0 radical (unpaired) electrons. The van der Waals surface area contributed by atoms with Crippen LogP contribution in [0.15, 0.2) is 62.6 Å². The van der Waals surface area contributed by atoms with Gasteiger partial charge in [-0.2, -0.15) is 10.1 Å². The highest BCUT2D eigenvalue weighted by molar-refractivity contribution is 9.11. The van der Waals surface area contributed by atoms with Crippen molar-refractivity contribution in [2.45, 2.75) is 13.5 Å². The van der Waals surface area contributed by atoms with Crippen LogP contribution < -0.4 is 15.5 Å². The number of aryl methyl sites for hydroxylation is 1. The fourth-order valence-electron chi connectivity index (χ4n) is 2.50. The van der Waals surface area contributed by atoms with Crippen LogP contribution >= 0.6 is 31.9 Å². The number of phenols is 1. The molecule has 0 atom stereocenters. The minimum atomic E-state index is -0.472. The van der Waals surface area contributed by atoms with Gasteiger partial charge in [-0.15, -0.1) is 0 Å². The Morgan fingerprint density at radius 2 is 1.97 bits per heavy atom. The number of carbonyl (C=O) groups is 1. The quantitative estimate of drug-likeness (QED) is 0.288. The highest BCUT2D eigenvalue weighted by atomic mass is 79.9. The standard InChI is InChI=1S/C21H19Br2N5O3/c1-13-7-19(27-21(26-13)24-10-14-5-3-2-4-6-14)31-12-18(29)28-25-11-15-8-16(22)9-17(23)20(15)30/h2-9,11,30H,10,12H2,1H3,(H,28,29)(H,24,26,27).